The van der Waals surface area contributed by atoms with Crippen molar-refractivity contribution in [2.45, 2.75) is 26.4 Å². The van der Waals surface area contributed by atoms with Gasteiger partial charge in [-0.05, 0) is 12.1 Å². The highest BCUT2D eigenvalue weighted by Gasteiger charge is 2.17. The van der Waals surface area contributed by atoms with E-state index in [1.807, 2.05) is 32.0 Å². The average Bonchev–Trinajstić information content (AvgIpc) is 2.29. The molecule has 0 saturated carbocycles. The van der Waals surface area contributed by atoms with Gasteiger partial charge in [0.1, 0.15) is 0 Å². The summed E-state index contributed by atoms with van der Waals surface area (Å²) in [7, 11) is -1.64. The van der Waals surface area contributed by atoms with Crippen LogP contribution in [0.5, 0.6) is 0 Å². The smallest absolute Gasteiger partial charge is 0.215 e. The molecule has 0 atom stereocenters. The van der Waals surface area contributed by atoms with Crippen LogP contribution in [0.2, 0.25) is 0 Å². The van der Waals surface area contributed by atoms with Gasteiger partial charge in [0.05, 0.1) is 18.0 Å². The van der Waals surface area contributed by atoms with Crippen molar-refractivity contribution in [3.05, 3.63) is 30.1 Å². The Balaban J connectivity index is 2.52. The van der Waals surface area contributed by atoms with Crippen molar-refractivity contribution in [1.82, 2.24) is 14.6 Å². The summed E-state index contributed by atoms with van der Waals surface area (Å²) < 4.78 is 25.3. The van der Waals surface area contributed by atoms with Crippen molar-refractivity contribution < 1.29 is 8.42 Å². The third-order valence-electron chi connectivity index (χ3n) is 2.50. The van der Waals surface area contributed by atoms with Gasteiger partial charge in [-0.25, -0.2) is 8.42 Å². The number of sulfonamides is 1. The molecule has 0 unspecified atom stereocenters. The van der Waals surface area contributed by atoms with E-state index in [0.29, 0.717) is 19.1 Å². The van der Waals surface area contributed by atoms with Crippen LogP contribution in [-0.2, 0) is 16.6 Å². The lowest BCUT2D eigenvalue weighted by Gasteiger charge is -2.17. The lowest BCUT2D eigenvalue weighted by atomic mass is 10.3. The first-order valence-corrected chi connectivity index (χ1v) is 7.60. The molecule has 102 valence electrons. The maximum Gasteiger partial charge on any atom is 0.215 e. The Morgan fingerprint density at radius 3 is 2.67 bits per heavy atom. The van der Waals surface area contributed by atoms with Crippen LogP contribution in [-0.4, -0.2) is 43.1 Å². The van der Waals surface area contributed by atoms with Gasteiger partial charge in [-0.2, -0.15) is 4.31 Å². The van der Waals surface area contributed by atoms with E-state index in [1.165, 1.54) is 4.31 Å². The number of nitrogens with one attached hydrogen (secondary N) is 1. The number of hydrogen-bond donors (Lipinski definition) is 1. The Bertz CT molecular complexity index is 446. The molecular weight excluding hydrogens is 250 g/mol. The molecule has 1 heterocycles. The molecule has 0 radical (unpaired) electrons. The number of pyridine rings is 1. The molecule has 18 heavy (non-hydrogen) atoms. The lowest BCUT2D eigenvalue weighted by Crippen LogP contribution is -2.35. The Kier molecular flexibility index (Phi) is 5.71. The molecule has 5 nitrogen and oxygen atoms in total. The van der Waals surface area contributed by atoms with Crippen molar-refractivity contribution in [3.63, 3.8) is 0 Å². The second-order valence-corrected chi connectivity index (χ2v) is 6.70. The van der Waals surface area contributed by atoms with Crippen molar-refractivity contribution >= 4 is 10.0 Å². The van der Waals surface area contributed by atoms with E-state index >= 15 is 0 Å². The first-order valence-electron chi connectivity index (χ1n) is 5.99. The Morgan fingerprint density at radius 2 is 2.11 bits per heavy atom. The first kappa shape index (κ1) is 15.1. The monoisotopic (exact) mass is 271 g/mol. The van der Waals surface area contributed by atoms with Crippen molar-refractivity contribution in [1.29, 1.82) is 0 Å². The molecule has 1 rings (SSSR count). The number of rotatable bonds is 7. The van der Waals surface area contributed by atoms with Crippen LogP contribution in [0, 0.1) is 0 Å². The molecule has 6 heteroatoms. The average molecular weight is 271 g/mol. The zero-order chi connectivity index (χ0) is 13.6. The Hall–Kier alpha value is -0.980. The second-order valence-electron chi connectivity index (χ2n) is 4.50. The summed E-state index contributed by atoms with van der Waals surface area (Å²) >= 11 is 0. The summed E-state index contributed by atoms with van der Waals surface area (Å²) in [5, 5.41) is 3.10. The van der Waals surface area contributed by atoms with Crippen molar-refractivity contribution in [3.8, 4) is 0 Å². The van der Waals surface area contributed by atoms with Gasteiger partial charge in [0.15, 0.2) is 0 Å². The predicted molar refractivity (Wildman–Crippen MR) is 72.6 cm³/mol. The third kappa shape index (κ3) is 5.12. The van der Waals surface area contributed by atoms with Crippen LogP contribution in [0.15, 0.2) is 24.4 Å². The van der Waals surface area contributed by atoms with Crippen LogP contribution >= 0.6 is 0 Å². The minimum absolute atomic E-state index is 0.106. The molecule has 0 bridgehead atoms. The molecule has 0 amide bonds. The largest absolute Gasteiger partial charge is 0.313 e. The van der Waals surface area contributed by atoms with Gasteiger partial charge in [-0.3, -0.25) is 4.98 Å². The predicted octanol–water partition coefficient (Wildman–Crippen LogP) is 0.841. The summed E-state index contributed by atoms with van der Waals surface area (Å²) in [6.07, 6.45) is 1.66. The number of nitrogens with zero attached hydrogens (tertiary/aromatic N) is 2. The molecule has 0 spiro atoms. The van der Waals surface area contributed by atoms with Crippen LogP contribution in [0.3, 0.4) is 0 Å². The van der Waals surface area contributed by atoms with Gasteiger partial charge in [0.2, 0.25) is 10.0 Å². The highest BCUT2D eigenvalue weighted by Crippen LogP contribution is 2.04. The van der Waals surface area contributed by atoms with Gasteiger partial charge in [-0.15, -0.1) is 0 Å². The standard InChI is InChI=1S/C12H21N3O2S/c1-11(2)13-8-9-18(16,17)15(3)10-12-6-4-5-7-14-12/h4-7,11,13H,8-10H2,1-3H3. The Morgan fingerprint density at radius 1 is 1.39 bits per heavy atom. The van der Waals surface area contributed by atoms with E-state index in [0.717, 1.165) is 5.69 Å². The molecule has 1 aromatic heterocycles. The highest BCUT2D eigenvalue weighted by molar-refractivity contribution is 7.89. The van der Waals surface area contributed by atoms with Gasteiger partial charge in [0, 0.05) is 25.8 Å². The molecule has 0 saturated heterocycles. The Labute approximate surface area is 109 Å². The fraction of sp³-hybridized carbons (Fsp3) is 0.583. The normalized spacial score (nSPS) is 12.3. The van der Waals surface area contributed by atoms with E-state index in [-0.39, 0.29) is 5.75 Å². The highest BCUT2D eigenvalue weighted by atomic mass is 32.2. The molecule has 0 fully saturated rings. The molecule has 1 aromatic rings. The van der Waals surface area contributed by atoms with E-state index in [1.54, 1.807) is 13.2 Å². The second kappa shape index (κ2) is 6.82. The summed E-state index contributed by atoms with van der Waals surface area (Å²) in [5.74, 6) is 0.106. The van der Waals surface area contributed by atoms with Crippen molar-refractivity contribution in [2.75, 3.05) is 19.3 Å². The fourth-order valence-electron chi connectivity index (χ4n) is 1.45. The SMILES string of the molecule is CC(C)NCCS(=O)(=O)N(C)Cc1ccccn1. The molecule has 0 aliphatic carbocycles. The van der Waals surface area contributed by atoms with Gasteiger partial charge >= 0.3 is 0 Å². The van der Waals surface area contributed by atoms with Gasteiger partial charge in [0.25, 0.3) is 0 Å². The van der Waals surface area contributed by atoms with Crippen molar-refractivity contribution in [2.24, 2.45) is 0 Å². The lowest BCUT2D eigenvalue weighted by molar-refractivity contribution is 0.459. The fourth-order valence-corrected chi connectivity index (χ4v) is 2.47. The quantitative estimate of drug-likeness (QED) is 0.798. The van der Waals surface area contributed by atoms with Gasteiger partial charge in [-0.1, -0.05) is 19.9 Å². The van der Waals surface area contributed by atoms with Crippen LogP contribution in [0.4, 0.5) is 0 Å². The molecule has 0 aromatic carbocycles. The van der Waals surface area contributed by atoms with Crippen LogP contribution in [0.1, 0.15) is 19.5 Å². The number of hydrogen-bond acceptors (Lipinski definition) is 4. The zero-order valence-corrected chi connectivity index (χ0v) is 11.9. The van der Waals surface area contributed by atoms with E-state index < -0.39 is 10.0 Å². The van der Waals surface area contributed by atoms with E-state index in [4.69, 9.17) is 0 Å². The van der Waals surface area contributed by atoms with E-state index in [9.17, 15) is 8.42 Å². The van der Waals surface area contributed by atoms with E-state index in [2.05, 4.69) is 10.3 Å². The molecule has 1 N–H and O–H groups in total. The number of aromatic nitrogens is 1. The summed E-state index contributed by atoms with van der Waals surface area (Å²) in [4.78, 5) is 4.12. The first-order chi connectivity index (χ1) is 8.42. The zero-order valence-electron chi connectivity index (χ0n) is 11.1. The third-order valence-corrected chi connectivity index (χ3v) is 4.30. The summed E-state index contributed by atoms with van der Waals surface area (Å²) in [6, 6.07) is 5.77. The minimum Gasteiger partial charge on any atom is -0.313 e. The summed E-state index contributed by atoms with van der Waals surface area (Å²) in [5.41, 5.74) is 0.750. The maximum absolute atomic E-state index is 12.0. The van der Waals surface area contributed by atoms with Crippen LogP contribution < -0.4 is 5.32 Å². The topological polar surface area (TPSA) is 62.3 Å². The minimum atomic E-state index is -3.22. The van der Waals surface area contributed by atoms with Crippen LogP contribution in [0.25, 0.3) is 0 Å². The molecular formula is C12H21N3O2S. The van der Waals surface area contributed by atoms with Gasteiger partial charge < -0.3 is 5.32 Å². The summed E-state index contributed by atoms with van der Waals surface area (Å²) in [6.45, 7) is 4.76. The molecule has 0 aliphatic rings. The maximum atomic E-state index is 12.0. The molecule has 0 aliphatic heterocycles.